The van der Waals surface area contributed by atoms with Crippen LogP contribution < -0.4 is 10.2 Å². The van der Waals surface area contributed by atoms with E-state index in [1.807, 2.05) is 31.7 Å². The summed E-state index contributed by atoms with van der Waals surface area (Å²) in [5, 5.41) is 3.44. The van der Waals surface area contributed by atoms with Gasteiger partial charge in [-0.1, -0.05) is 17.7 Å². The third-order valence-corrected chi connectivity index (χ3v) is 3.87. The minimum Gasteiger partial charge on any atom is -0.341 e. The molecule has 116 valence electrons. The molecule has 6 heteroatoms. The van der Waals surface area contributed by atoms with Crippen LogP contribution in [-0.2, 0) is 0 Å². The second kappa shape index (κ2) is 7.22. The van der Waals surface area contributed by atoms with Gasteiger partial charge in [0.05, 0.1) is 5.56 Å². The fourth-order valence-corrected chi connectivity index (χ4v) is 2.22. The lowest BCUT2D eigenvalue weighted by molar-refractivity contribution is 0.102. The lowest BCUT2D eigenvalue weighted by Gasteiger charge is -2.18. The smallest absolute Gasteiger partial charge is 0.258 e. The minimum atomic E-state index is -0.253. The van der Waals surface area contributed by atoms with E-state index in [4.69, 9.17) is 11.6 Å². The Hall–Kier alpha value is -2.14. The normalized spacial score (nSPS) is 10.4. The molecule has 0 aliphatic rings. The van der Waals surface area contributed by atoms with Crippen molar-refractivity contribution >= 4 is 29.1 Å². The lowest BCUT2D eigenvalue weighted by atomic mass is 10.2. The maximum atomic E-state index is 12.3. The van der Waals surface area contributed by atoms with Gasteiger partial charge in [0.1, 0.15) is 0 Å². The summed E-state index contributed by atoms with van der Waals surface area (Å²) in [5.74, 6) is 0.372. The summed E-state index contributed by atoms with van der Waals surface area (Å²) >= 11 is 6.05. The Morgan fingerprint density at radius 2 is 1.86 bits per heavy atom. The molecule has 2 aromatic rings. The molecule has 0 aliphatic carbocycles. The van der Waals surface area contributed by atoms with Gasteiger partial charge in [0.25, 0.3) is 5.91 Å². The molecule has 0 spiro atoms. The molecule has 0 saturated carbocycles. The van der Waals surface area contributed by atoms with Crippen molar-refractivity contribution in [1.82, 2.24) is 9.97 Å². The highest BCUT2D eigenvalue weighted by molar-refractivity contribution is 6.31. The second-order valence-corrected chi connectivity index (χ2v) is 5.22. The van der Waals surface area contributed by atoms with Crippen molar-refractivity contribution < 1.29 is 4.79 Å². The summed E-state index contributed by atoms with van der Waals surface area (Å²) in [5.41, 5.74) is 1.93. The fourth-order valence-electron chi connectivity index (χ4n) is 2.05. The third kappa shape index (κ3) is 3.54. The fraction of sp³-hybridized carbons (Fsp3) is 0.312. The number of nitrogens with zero attached hydrogens (tertiary/aromatic N) is 3. The molecule has 1 heterocycles. The molecule has 1 aromatic carbocycles. The summed E-state index contributed by atoms with van der Waals surface area (Å²) in [7, 11) is 0. The van der Waals surface area contributed by atoms with Gasteiger partial charge in [-0.05, 0) is 38.5 Å². The highest BCUT2D eigenvalue weighted by Gasteiger charge is 2.11. The first-order valence-corrected chi connectivity index (χ1v) is 7.58. The summed E-state index contributed by atoms with van der Waals surface area (Å²) < 4.78 is 0. The van der Waals surface area contributed by atoms with E-state index in [0.717, 1.165) is 18.7 Å². The minimum absolute atomic E-state index is 0.253. The number of carbonyl (C=O) groups excluding carboxylic acids is 1. The number of amides is 1. The Bertz CT molecular complexity index is 654. The Labute approximate surface area is 135 Å². The van der Waals surface area contributed by atoms with E-state index in [-0.39, 0.29) is 5.91 Å². The number of anilines is 2. The summed E-state index contributed by atoms with van der Waals surface area (Å²) in [6, 6.07) is 5.39. The van der Waals surface area contributed by atoms with Crippen molar-refractivity contribution in [3.05, 3.63) is 46.7 Å². The number of benzene rings is 1. The number of rotatable bonds is 5. The molecule has 22 heavy (non-hydrogen) atoms. The maximum absolute atomic E-state index is 12.3. The van der Waals surface area contributed by atoms with Crippen LogP contribution in [0.15, 0.2) is 30.6 Å². The van der Waals surface area contributed by atoms with Crippen LogP contribution >= 0.6 is 11.6 Å². The first kappa shape index (κ1) is 16.2. The largest absolute Gasteiger partial charge is 0.341 e. The average molecular weight is 319 g/mol. The molecule has 1 amide bonds. The highest BCUT2D eigenvalue weighted by atomic mass is 35.5. The van der Waals surface area contributed by atoms with Crippen molar-refractivity contribution in [2.24, 2.45) is 0 Å². The van der Waals surface area contributed by atoms with Crippen LogP contribution in [0.1, 0.15) is 29.8 Å². The predicted octanol–water partition coefficient (Wildman–Crippen LogP) is 3.54. The molecular formula is C16H19ClN4O. The standard InChI is InChI=1S/C16H19ClN4O/c1-4-21(5-2)16-18-9-12(10-19-16)15(22)20-14-8-6-7-13(17)11(14)3/h6-10H,4-5H2,1-3H3,(H,20,22). The Morgan fingerprint density at radius 1 is 1.23 bits per heavy atom. The summed E-state index contributed by atoms with van der Waals surface area (Å²) in [4.78, 5) is 22.8. The second-order valence-electron chi connectivity index (χ2n) is 4.81. The third-order valence-electron chi connectivity index (χ3n) is 3.46. The van der Waals surface area contributed by atoms with Crippen LogP contribution in [0, 0.1) is 6.92 Å². The van der Waals surface area contributed by atoms with E-state index in [0.29, 0.717) is 22.2 Å². The van der Waals surface area contributed by atoms with E-state index in [2.05, 4.69) is 15.3 Å². The first-order chi connectivity index (χ1) is 10.6. The number of halogens is 1. The molecule has 0 saturated heterocycles. The van der Waals surface area contributed by atoms with Gasteiger partial charge in [-0.3, -0.25) is 4.79 Å². The number of nitrogens with one attached hydrogen (secondary N) is 1. The van der Waals surface area contributed by atoms with Crippen LogP contribution in [0.4, 0.5) is 11.6 Å². The first-order valence-electron chi connectivity index (χ1n) is 7.20. The van der Waals surface area contributed by atoms with Crippen LogP contribution in [0.5, 0.6) is 0 Å². The van der Waals surface area contributed by atoms with Gasteiger partial charge in [-0.2, -0.15) is 0 Å². The van der Waals surface area contributed by atoms with Crippen molar-refractivity contribution in [3.63, 3.8) is 0 Å². The molecule has 5 nitrogen and oxygen atoms in total. The van der Waals surface area contributed by atoms with Gasteiger partial charge in [-0.25, -0.2) is 9.97 Å². The molecule has 1 aromatic heterocycles. The van der Waals surface area contributed by atoms with Crippen molar-refractivity contribution in [3.8, 4) is 0 Å². The highest BCUT2D eigenvalue weighted by Crippen LogP contribution is 2.23. The van der Waals surface area contributed by atoms with E-state index >= 15 is 0 Å². The predicted molar refractivity (Wildman–Crippen MR) is 89.7 cm³/mol. The zero-order valence-corrected chi connectivity index (χ0v) is 13.7. The van der Waals surface area contributed by atoms with E-state index in [1.54, 1.807) is 12.1 Å². The number of aromatic nitrogens is 2. The summed E-state index contributed by atoms with van der Waals surface area (Å²) in [6.45, 7) is 7.58. The van der Waals surface area contributed by atoms with Crippen molar-refractivity contribution in [2.45, 2.75) is 20.8 Å². The van der Waals surface area contributed by atoms with Gasteiger partial charge in [0.2, 0.25) is 5.95 Å². The SMILES string of the molecule is CCN(CC)c1ncc(C(=O)Nc2cccc(Cl)c2C)cn1. The molecule has 0 atom stereocenters. The Kier molecular flexibility index (Phi) is 5.33. The van der Waals surface area contributed by atoms with E-state index in [9.17, 15) is 4.79 Å². The molecule has 0 unspecified atom stereocenters. The van der Waals surface area contributed by atoms with Gasteiger partial charge in [0.15, 0.2) is 0 Å². The Balaban J connectivity index is 2.15. The zero-order valence-electron chi connectivity index (χ0n) is 12.9. The van der Waals surface area contributed by atoms with Crippen LogP contribution in [0.3, 0.4) is 0 Å². The van der Waals surface area contributed by atoms with Crippen LogP contribution in [0.2, 0.25) is 5.02 Å². The summed E-state index contributed by atoms with van der Waals surface area (Å²) in [6.07, 6.45) is 3.08. The van der Waals surface area contributed by atoms with Gasteiger partial charge >= 0.3 is 0 Å². The molecule has 0 fully saturated rings. The molecule has 0 radical (unpaired) electrons. The number of carbonyl (C=O) groups is 1. The van der Waals surface area contributed by atoms with Crippen LogP contribution in [-0.4, -0.2) is 29.0 Å². The van der Waals surface area contributed by atoms with Crippen molar-refractivity contribution in [2.75, 3.05) is 23.3 Å². The van der Waals surface area contributed by atoms with E-state index in [1.165, 1.54) is 12.4 Å². The van der Waals surface area contributed by atoms with Gasteiger partial charge in [0, 0.05) is 36.2 Å². The van der Waals surface area contributed by atoms with Crippen LogP contribution in [0.25, 0.3) is 0 Å². The van der Waals surface area contributed by atoms with E-state index < -0.39 is 0 Å². The number of hydrogen-bond acceptors (Lipinski definition) is 4. The van der Waals surface area contributed by atoms with Gasteiger partial charge < -0.3 is 10.2 Å². The molecule has 0 aliphatic heterocycles. The maximum Gasteiger partial charge on any atom is 0.258 e. The molecule has 2 rings (SSSR count). The zero-order chi connectivity index (χ0) is 16.1. The topological polar surface area (TPSA) is 58.1 Å². The molecular weight excluding hydrogens is 300 g/mol. The Morgan fingerprint density at radius 3 is 2.45 bits per heavy atom. The van der Waals surface area contributed by atoms with Gasteiger partial charge in [-0.15, -0.1) is 0 Å². The number of hydrogen-bond donors (Lipinski definition) is 1. The molecule has 1 N–H and O–H groups in total. The average Bonchev–Trinajstić information content (AvgIpc) is 2.53. The monoisotopic (exact) mass is 318 g/mol. The van der Waals surface area contributed by atoms with Crippen molar-refractivity contribution in [1.29, 1.82) is 0 Å². The molecule has 0 bridgehead atoms. The lowest BCUT2D eigenvalue weighted by Crippen LogP contribution is -2.24. The quantitative estimate of drug-likeness (QED) is 0.916.